The summed E-state index contributed by atoms with van der Waals surface area (Å²) in [6.45, 7) is 4.13. The molecule has 26 heavy (non-hydrogen) atoms. The highest BCUT2D eigenvalue weighted by Crippen LogP contribution is 2.41. The van der Waals surface area contributed by atoms with Gasteiger partial charge in [0.05, 0.1) is 13.2 Å². The highest BCUT2D eigenvalue weighted by Gasteiger charge is 2.64. The lowest BCUT2D eigenvalue weighted by Crippen LogP contribution is -2.46. The maximum atomic E-state index is 13.2. The van der Waals surface area contributed by atoms with Gasteiger partial charge in [-0.3, -0.25) is 4.55 Å². The third-order valence-electron chi connectivity index (χ3n) is 2.82. The van der Waals surface area contributed by atoms with E-state index in [2.05, 4.69) is 21.4 Å². The number of halogens is 4. The molecule has 0 aromatic rings. The Labute approximate surface area is 147 Å². The second-order valence-corrected chi connectivity index (χ2v) is 6.60. The molecule has 13 heteroatoms. The number of carbonyl (C=O) groups is 2. The summed E-state index contributed by atoms with van der Waals surface area (Å²) >= 11 is 0. The molecule has 0 aromatic carbocycles. The predicted octanol–water partition coefficient (Wildman–Crippen LogP) is 2.12. The van der Waals surface area contributed by atoms with Gasteiger partial charge in [-0.25, -0.2) is 9.59 Å². The number of rotatable bonds is 11. The van der Waals surface area contributed by atoms with Crippen molar-refractivity contribution in [1.29, 1.82) is 0 Å². The molecule has 0 radical (unpaired) electrons. The molecule has 0 aliphatic rings. The molecule has 0 saturated carbocycles. The number of amides is 1. The monoisotopic (exact) mass is 409 g/mol. The van der Waals surface area contributed by atoms with E-state index in [-0.39, 0.29) is 25.1 Å². The third-order valence-corrected chi connectivity index (χ3v) is 3.77. The highest BCUT2D eigenvalue weighted by atomic mass is 32.2. The van der Waals surface area contributed by atoms with E-state index >= 15 is 0 Å². The fourth-order valence-corrected chi connectivity index (χ4v) is 1.90. The number of carbonyl (C=O) groups excluding carboxylic acids is 2. The zero-order chi connectivity index (χ0) is 20.6. The minimum absolute atomic E-state index is 0.0868. The van der Waals surface area contributed by atoms with E-state index in [0.717, 1.165) is 0 Å². The lowest BCUT2D eigenvalue weighted by Gasteiger charge is -2.23. The molecule has 0 fully saturated rings. The molecule has 0 aromatic heterocycles. The number of hydrogen-bond donors (Lipinski definition) is 2. The van der Waals surface area contributed by atoms with Gasteiger partial charge in [-0.15, -0.1) is 0 Å². The van der Waals surface area contributed by atoms with Crippen molar-refractivity contribution in [3.8, 4) is 0 Å². The number of alkyl carbamates (subject to hydrolysis) is 1. The summed E-state index contributed by atoms with van der Waals surface area (Å²) in [4.78, 5) is 22.2. The molecule has 152 valence electrons. The first-order chi connectivity index (χ1) is 11.7. The normalized spacial score (nSPS) is 12.4. The minimum Gasteiger partial charge on any atom is -0.460 e. The van der Waals surface area contributed by atoms with E-state index < -0.39 is 52.8 Å². The number of ether oxygens (including phenoxy) is 2. The van der Waals surface area contributed by atoms with Crippen molar-refractivity contribution < 1.29 is 49.6 Å². The van der Waals surface area contributed by atoms with Crippen LogP contribution >= 0.6 is 0 Å². The molecule has 0 spiro atoms. The first-order valence-electron chi connectivity index (χ1n) is 7.18. The van der Waals surface area contributed by atoms with E-state index in [0.29, 0.717) is 0 Å². The van der Waals surface area contributed by atoms with Crippen LogP contribution in [-0.4, -0.2) is 56.0 Å². The van der Waals surface area contributed by atoms with Crippen molar-refractivity contribution in [3.05, 3.63) is 12.2 Å². The average Bonchev–Trinajstić information content (AvgIpc) is 2.49. The Kier molecular flexibility index (Phi) is 9.00. The fourth-order valence-electron chi connectivity index (χ4n) is 1.42. The van der Waals surface area contributed by atoms with Gasteiger partial charge in [0.15, 0.2) is 0 Å². The summed E-state index contributed by atoms with van der Waals surface area (Å²) in [5, 5.41) is -3.43. The Balaban J connectivity index is 4.01. The Hall–Kier alpha value is -1.89. The van der Waals surface area contributed by atoms with E-state index in [4.69, 9.17) is 4.55 Å². The van der Waals surface area contributed by atoms with Crippen molar-refractivity contribution in [2.24, 2.45) is 0 Å². The molecular formula is C13H19F4NO7S. The molecule has 2 N–H and O–H groups in total. The molecule has 0 aliphatic carbocycles. The lowest BCUT2D eigenvalue weighted by molar-refractivity contribution is -0.164. The van der Waals surface area contributed by atoms with Crippen LogP contribution in [-0.2, 0) is 24.4 Å². The van der Waals surface area contributed by atoms with Crippen molar-refractivity contribution in [3.63, 3.8) is 0 Å². The molecule has 0 heterocycles. The van der Waals surface area contributed by atoms with Gasteiger partial charge in [0.1, 0.15) is 6.61 Å². The second-order valence-electron chi connectivity index (χ2n) is 5.13. The van der Waals surface area contributed by atoms with Gasteiger partial charge in [-0.1, -0.05) is 6.58 Å². The summed E-state index contributed by atoms with van der Waals surface area (Å²) in [7, 11) is -6.26. The summed E-state index contributed by atoms with van der Waals surface area (Å²) < 4.78 is 90.1. The Bertz CT molecular complexity index is 622. The number of nitrogens with one attached hydrogen (secondary N) is 1. The van der Waals surface area contributed by atoms with Crippen molar-refractivity contribution in [1.82, 2.24) is 5.32 Å². The predicted molar refractivity (Wildman–Crippen MR) is 80.4 cm³/mol. The second kappa shape index (κ2) is 9.71. The summed E-state index contributed by atoms with van der Waals surface area (Å²) in [6, 6.07) is 0. The van der Waals surface area contributed by atoms with E-state index in [1.807, 2.05) is 0 Å². The van der Waals surface area contributed by atoms with Gasteiger partial charge in [-0.05, 0) is 19.8 Å². The van der Waals surface area contributed by atoms with Gasteiger partial charge in [-0.2, -0.15) is 26.0 Å². The topological polar surface area (TPSA) is 119 Å². The van der Waals surface area contributed by atoms with Crippen LogP contribution < -0.4 is 5.32 Å². The maximum absolute atomic E-state index is 13.2. The number of hydrogen-bond acceptors (Lipinski definition) is 6. The highest BCUT2D eigenvalue weighted by molar-refractivity contribution is 7.87. The quantitative estimate of drug-likeness (QED) is 0.176. The smallest absolute Gasteiger partial charge is 0.431 e. The minimum atomic E-state index is -6.26. The molecular weight excluding hydrogens is 390 g/mol. The lowest BCUT2D eigenvalue weighted by atomic mass is 10.1. The van der Waals surface area contributed by atoms with Crippen LogP contribution in [0, 0.1) is 0 Å². The Morgan fingerprint density at radius 1 is 1.12 bits per heavy atom. The average molecular weight is 409 g/mol. The van der Waals surface area contributed by atoms with Crippen LogP contribution in [0.3, 0.4) is 0 Å². The van der Waals surface area contributed by atoms with Crippen LogP contribution in [0.4, 0.5) is 22.4 Å². The SMILES string of the molecule is C=C(C)C(=O)OCCNC(=O)OCCCCC(F)(F)C(F)(F)S(=O)(=O)O. The number of alkyl halides is 4. The molecule has 1 amide bonds. The van der Waals surface area contributed by atoms with Crippen molar-refractivity contribution in [2.75, 3.05) is 19.8 Å². The first-order valence-corrected chi connectivity index (χ1v) is 8.62. The molecule has 0 saturated heterocycles. The van der Waals surface area contributed by atoms with E-state index in [1.165, 1.54) is 6.92 Å². The Morgan fingerprint density at radius 2 is 1.69 bits per heavy atom. The zero-order valence-electron chi connectivity index (χ0n) is 13.8. The van der Waals surface area contributed by atoms with Crippen molar-refractivity contribution in [2.45, 2.75) is 37.4 Å². The standard InChI is InChI=1S/C13H19F4NO7S/c1-9(2)10(19)24-8-6-18-11(20)25-7-4-3-5-12(14,15)13(16,17)26(21,22)23/h1,3-8H2,2H3,(H,18,20)(H,21,22,23). The van der Waals surface area contributed by atoms with E-state index in [1.54, 1.807) is 0 Å². The summed E-state index contributed by atoms with van der Waals surface area (Å²) in [5.41, 5.74) is 0.170. The molecule has 0 unspecified atom stereocenters. The van der Waals surface area contributed by atoms with Gasteiger partial charge in [0, 0.05) is 12.0 Å². The zero-order valence-corrected chi connectivity index (χ0v) is 14.6. The summed E-state index contributed by atoms with van der Waals surface area (Å²) in [5.74, 6) is -5.63. The van der Waals surface area contributed by atoms with Gasteiger partial charge < -0.3 is 14.8 Å². The maximum Gasteiger partial charge on any atom is 0.431 e. The summed E-state index contributed by atoms with van der Waals surface area (Å²) in [6.07, 6.45) is -3.34. The third kappa shape index (κ3) is 7.56. The van der Waals surface area contributed by atoms with Crippen LogP contribution in [0.5, 0.6) is 0 Å². The van der Waals surface area contributed by atoms with Gasteiger partial charge >= 0.3 is 33.4 Å². The van der Waals surface area contributed by atoms with Gasteiger partial charge in [0.25, 0.3) is 0 Å². The molecule has 0 aliphatic heterocycles. The first kappa shape index (κ1) is 24.1. The molecule has 0 rings (SSSR count). The number of unbranched alkanes of at least 4 members (excludes halogenated alkanes) is 1. The number of esters is 1. The fraction of sp³-hybridized carbons (Fsp3) is 0.692. The molecule has 0 bridgehead atoms. The van der Waals surface area contributed by atoms with Crippen LogP contribution in [0.25, 0.3) is 0 Å². The van der Waals surface area contributed by atoms with Crippen molar-refractivity contribution >= 4 is 22.2 Å². The molecule has 0 atom stereocenters. The van der Waals surface area contributed by atoms with Crippen LogP contribution in [0.1, 0.15) is 26.2 Å². The largest absolute Gasteiger partial charge is 0.460 e. The van der Waals surface area contributed by atoms with E-state index in [9.17, 15) is 35.6 Å². The van der Waals surface area contributed by atoms with Gasteiger partial charge in [0.2, 0.25) is 0 Å². The Morgan fingerprint density at radius 3 is 2.19 bits per heavy atom. The molecule has 8 nitrogen and oxygen atoms in total. The van der Waals surface area contributed by atoms with Crippen LogP contribution in [0.2, 0.25) is 0 Å². The van der Waals surface area contributed by atoms with Crippen LogP contribution in [0.15, 0.2) is 12.2 Å².